The standard InChI is InChI=1S/C18H25NO3/c1-21-12-7-15-13-18(22-14-15)8-10-19(11-9-18)17(20)16-5-3-2-4-6-16/h2-6,15H,7-14H2,1H3/t15-/m0/s1. The summed E-state index contributed by atoms with van der Waals surface area (Å²) in [5.41, 5.74) is 0.787. The van der Waals surface area contributed by atoms with Gasteiger partial charge in [-0.25, -0.2) is 0 Å². The van der Waals surface area contributed by atoms with Crippen LogP contribution in [0.25, 0.3) is 0 Å². The highest BCUT2D eigenvalue weighted by Crippen LogP contribution is 2.39. The molecular weight excluding hydrogens is 278 g/mol. The van der Waals surface area contributed by atoms with Crippen molar-refractivity contribution >= 4 is 5.91 Å². The smallest absolute Gasteiger partial charge is 0.253 e. The van der Waals surface area contributed by atoms with Crippen molar-refractivity contribution in [2.45, 2.75) is 31.3 Å². The first-order valence-electron chi connectivity index (χ1n) is 8.20. The lowest BCUT2D eigenvalue weighted by Crippen LogP contribution is -2.46. The second-order valence-corrected chi connectivity index (χ2v) is 6.50. The number of rotatable bonds is 4. The molecule has 0 aromatic heterocycles. The second kappa shape index (κ2) is 6.80. The Morgan fingerprint density at radius 3 is 2.73 bits per heavy atom. The molecule has 2 saturated heterocycles. The molecule has 0 N–H and O–H groups in total. The zero-order chi connectivity index (χ0) is 15.4. The van der Waals surface area contributed by atoms with Gasteiger partial charge in [-0.2, -0.15) is 0 Å². The monoisotopic (exact) mass is 303 g/mol. The molecule has 2 heterocycles. The van der Waals surface area contributed by atoms with Crippen LogP contribution in [0.15, 0.2) is 30.3 Å². The molecule has 0 aliphatic carbocycles. The number of ether oxygens (including phenoxy) is 2. The number of hydrogen-bond acceptors (Lipinski definition) is 3. The molecule has 1 atom stereocenters. The van der Waals surface area contributed by atoms with Crippen LogP contribution >= 0.6 is 0 Å². The number of piperidine rings is 1. The molecule has 4 nitrogen and oxygen atoms in total. The van der Waals surface area contributed by atoms with E-state index in [4.69, 9.17) is 9.47 Å². The molecule has 2 aliphatic rings. The second-order valence-electron chi connectivity index (χ2n) is 6.50. The van der Waals surface area contributed by atoms with E-state index in [1.807, 2.05) is 35.2 Å². The minimum absolute atomic E-state index is 0.00583. The van der Waals surface area contributed by atoms with Gasteiger partial charge in [0.15, 0.2) is 0 Å². The molecule has 1 amide bonds. The Morgan fingerprint density at radius 2 is 2.05 bits per heavy atom. The van der Waals surface area contributed by atoms with Crippen LogP contribution in [0.5, 0.6) is 0 Å². The minimum Gasteiger partial charge on any atom is -0.385 e. The van der Waals surface area contributed by atoms with Gasteiger partial charge in [0.05, 0.1) is 12.2 Å². The van der Waals surface area contributed by atoms with Crippen LogP contribution in [0, 0.1) is 5.92 Å². The van der Waals surface area contributed by atoms with Gasteiger partial charge >= 0.3 is 0 Å². The third kappa shape index (κ3) is 3.33. The third-order valence-corrected chi connectivity index (χ3v) is 5.00. The number of hydrogen-bond donors (Lipinski definition) is 0. The molecule has 1 aromatic rings. The highest BCUT2D eigenvalue weighted by Gasteiger charge is 2.43. The number of benzene rings is 1. The summed E-state index contributed by atoms with van der Waals surface area (Å²) in [6.45, 7) is 3.24. The molecule has 2 fully saturated rings. The summed E-state index contributed by atoms with van der Waals surface area (Å²) in [5.74, 6) is 0.751. The van der Waals surface area contributed by atoms with E-state index >= 15 is 0 Å². The Bertz CT molecular complexity index is 494. The van der Waals surface area contributed by atoms with Crippen LogP contribution in [0.4, 0.5) is 0 Å². The van der Waals surface area contributed by atoms with Crippen molar-refractivity contribution in [1.82, 2.24) is 4.90 Å². The number of likely N-dealkylation sites (tertiary alicyclic amines) is 1. The lowest BCUT2D eigenvalue weighted by atomic mass is 9.84. The lowest BCUT2D eigenvalue weighted by molar-refractivity contribution is -0.0392. The summed E-state index contributed by atoms with van der Waals surface area (Å²) in [6.07, 6.45) is 4.10. The van der Waals surface area contributed by atoms with Gasteiger partial charge in [0.25, 0.3) is 5.91 Å². The van der Waals surface area contributed by atoms with Gasteiger partial charge in [-0.3, -0.25) is 4.79 Å². The van der Waals surface area contributed by atoms with Crippen LogP contribution < -0.4 is 0 Å². The van der Waals surface area contributed by atoms with Crippen LogP contribution in [0.2, 0.25) is 0 Å². The zero-order valence-electron chi connectivity index (χ0n) is 13.3. The number of amides is 1. The fraction of sp³-hybridized carbons (Fsp3) is 0.611. The van der Waals surface area contributed by atoms with Crippen LogP contribution in [-0.4, -0.2) is 49.8 Å². The molecule has 3 rings (SSSR count). The fourth-order valence-corrected chi connectivity index (χ4v) is 3.64. The molecule has 22 heavy (non-hydrogen) atoms. The van der Waals surface area contributed by atoms with E-state index < -0.39 is 0 Å². The molecule has 0 radical (unpaired) electrons. The fourth-order valence-electron chi connectivity index (χ4n) is 3.64. The predicted octanol–water partition coefficient (Wildman–Crippen LogP) is 2.73. The van der Waals surface area contributed by atoms with Crippen molar-refractivity contribution in [1.29, 1.82) is 0 Å². The maximum absolute atomic E-state index is 12.5. The summed E-state index contributed by atoms with van der Waals surface area (Å²) >= 11 is 0. The largest absolute Gasteiger partial charge is 0.385 e. The van der Waals surface area contributed by atoms with Crippen molar-refractivity contribution in [3.63, 3.8) is 0 Å². The molecular formula is C18H25NO3. The Balaban J connectivity index is 1.54. The van der Waals surface area contributed by atoms with E-state index in [0.717, 1.165) is 57.6 Å². The van der Waals surface area contributed by atoms with Crippen LogP contribution in [0.3, 0.4) is 0 Å². The van der Waals surface area contributed by atoms with Crippen molar-refractivity contribution in [3.8, 4) is 0 Å². The van der Waals surface area contributed by atoms with E-state index in [1.165, 1.54) is 0 Å². The van der Waals surface area contributed by atoms with Gasteiger partial charge in [0, 0.05) is 32.4 Å². The maximum atomic E-state index is 12.5. The quantitative estimate of drug-likeness (QED) is 0.858. The van der Waals surface area contributed by atoms with Gasteiger partial charge in [-0.15, -0.1) is 0 Å². The normalized spacial score (nSPS) is 23.9. The molecule has 2 aliphatic heterocycles. The van der Waals surface area contributed by atoms with Crippen LogP contribution in [-0.2, 0) is 9.47 Å². The highest BCUT2D eigenvalue weighted by molar-refractivity contribution is 5.94. The van der Waals surface area contributed by atoms with Crippen molar-refractivity contribution in [2.75, 3.05) is 33.4 Å². The number of nitrogens with zero attached hydrogens (tertiary/aromatic N) is 1. The Kier molecular flexibility index (Phi) is 4.79. The summed E-state index contributed by atoms with van der Waals surface area (Å²) in [7, 11) is 1.75. The molecule has 0 bridgehead atoms. The van der Waals surface area contributed by atoms with Crippen molar-refractivity contribution < 1.29 is 14.3 Å². The van der Waals surface area contributed by atoms with Crippen LogP contribution in [0.1, 0.15) is 36.0 Å². The number of carbonyl (C=O) groups excluding carboxylic acids is 1. The van der Waals surface area contributed by atoms with E-state index in [2.05, 4.69) is 0 Å². The minimum atomic E-state index is 0.00583. The van der Waals surface area contributed by atoms with E-state index in [-0.39, 0.29) is 11.5 Å². The maximum Gasteiger partial charge on any atom is 0.253 e. The first-order valence-corrected chi connectivity index (χ1v) is 8.20. The predicted molar refractivity (Wildman–Crippen MR) is 84.9 cm³/mol. The zero-order valence-corrected chi connectivity index (χ0v) is 13.3. The van der Waals surface area contributed by atoms with Crippen molar-refractivity contribution in [2.24, 2.45) is 5.92 Å². The SMILES string of the molecule is COCC[C@@H]1COC2(CCN(C(=O)c3ccccc3)CC2)C1. The summed E-state index contributed by atoms with van der Waals surface area (Å²) in [6, 6.07) is 9.55. The first kappa shape index (κ1) is 15.5. The third-order valence-electron chi connectivity index (χ3n) is 5.00. The summed E-state index contributed by atoms with van der Waals surface area (Å²) in [4.78, 5) is 14.4. The highest BCUT2D eigenvalue weighted by atomic mass is 16.5. The summed E-state index contributed by atoms with van der Waals surface area (Å²) < 4.78 is 11.3. The summed E-state index contributed by atoms with van der Waals surface area (Å²) in [5, 5.41) is 0. The number of carbonyl (C=O) groups is 1. The molecule has 0 saturated carbocycles. The van der Waals surface area contributed by atoms with E-state index in [9.17, 15) is 4.79 Å². The van der Waals surface area contributed by atoms with Gasteiger partial charge in [0.2, 0.25) is 0 Å². The topological polar surface area (TPSA) is 38.8 Å². The molecule has 0 unspecified atom stereocenters. The molecule has 4 heteroatoms. The Hall–Kier alpha value is -1.39. The molecule has 1 aromatic carbocycles. The van der Waals surface area contributed by atoms with Gasteiger partial charge in [-0.05, 0) is 43.7 Å². The van der Waals surface area contributed by atoms with E-state index in [0.29, 0.717) is 5.92 Å². The van der Waals surface area contributed by atoms with Gasteiger partial charge in [-0.1, -0.05) is 18.2 Å². The Morgan fingerprint density at radius 1 is 1.32 bits per heavy atom. The van der Waals surface area contributed by atoms with Crippen molar-refractivity contribution in [3.05, 3.63) is 35.9 Å². The first-order chi connectivity index (χ1) is 10.7. The number of methoxy groups -OCH3 is 1. The van der Waals surface area contributed by atoms with E-state index in [1.54, 1.807) is 7.11 Å². The van der Waals surface area contributed by atoms with Gasteiger partial charge in [0.1, 0.15) is 0 Å². The van der Waals surface area contributed by atoms with Gasteiger partial charge < -0.3 is 14.4 Å². The molecule has 120 valence electrons. The Labute approximate surface area is 132 Å². The average Bonchev–Trinajstić information content (AvgIpc) is 2.96. The lowest BCUT2D eigenvalue weighted by Gasteiger charge is -2.38. The average molecular weight is 303 g/mol. The molecule has 1 spiro atoms.